The van der Waals surface area contributed by atoms with Gasteiger partial charge in [-0.1, -0.05) is 0 Å². The summed E-state index contributed by atoms with van der Waals surface area (Å²) in [4.78, 5) is 4.71. The van der Waals surface area contributed by atoms with Gasteiger partial charge in [-0.2, -0.15) is 11.8 Å². The van der Waals surface area contributed by atoms with Crippen LogP contribution in [0.2, 0.25) is 0 Å². The summed E-state index contributed by atoms with van der Waals surface area (Å²) >= 11 is 1.98. The fourth-order valence-corrected chi connectivity index (χ4v) is 3.69. The molecular weight excluding hydrogens is 322 g/mol. The molecule has 0 saturated heterocycles. The van der Waals surface area contributed by atoms with E-state index in [-0.39, 0.29) is 0 Å². The molecule has 1 aliphatic rings. The molecule has 24 heavy (non-hydrogen) atoms. The summed E-state index contributed by atoms with van der Waals surface area (Å²) in [7, 11) is 0. The van der Waals surface area contributed by atoms with Crippen LogP contribution in [-0.2, 0) is 11.2 Å². The Bertz CT molecular complexity index is 465. The van der Waals surface area contributed by atoms with Crippen LogP contribution in [0.25, 0.3) is 0 Å². The summed E-state index contributed by atoms with van der Waals surface area (Å²) < 4.78 is 10.8. The standard InChI is InChI=1S/C18H31N3O2S/c1-3-22-12-5-10-19-18(20-11-9-16-6-4-13-23-16)21-15-7-8-17(14-15)24-2/h4,6,13,15,17H,3,5,7-12,14H2,1-2H3,(H2,19,20,21). The molecule has 1 saturated carbocycles. The van der Waals surface area contributed by atoms with Crippen molar-refractivity contribution < 1.29 is 9.15 Å². The van der Waals surface area contributed by atoms with Crippen molar-refractivity contribution in [1.82, 2.24) is 10.6 Å². The van der Waals surface area contributed by atoms with Gasteiger partial charge in [0, 0.05) is 44.0 Å². The van der Waals surface area contributed by atoms with Gasteiger partial charge in [0.2, 0.25) is 0 Å². The van der Waals surface area contributed by atoms with Crippen LogP contribution >= 0.6 is 11.8 Å². The van der Waals surface area contributed by atoms with Crippen molar-refractivity contribution in [3.63, 3.8) is 0 Å². The van der Waals surface area contributed by atoms with Crippen LogP contribution in [0.1, 0.15) is 38.4 Å². The Labute approximate surface area is 150 Å². The summed E-state index contributed by atoms with van der Waals surface area (Å²) in [6.45, 7) is 5.18. The fraction of sp³-hybridized carbons (Fsp3) is 0.722. The average molecular weight is 354 g/mol. The Morgan fingerprint density at radius 1 is 1.46 bits per heavy atom. The first-order valence-corrected chi connectivity index (χ1v) is 10.3. The molecule has 2 N–H and O–H groups in total. The van der Waals surface area contributed by atoms with Crippen molar-refractivity contribution in [2.45, 2.75) is 50.3 Å². The van der Waals surface area contributed by atoms with E-state index in [1.54, 1.807) is 6.26 Å². The normalized spacial score (nSPS) is 21.2. The number of nitrogens with zero attached hydrogens (tertiary/aromatic N) is 1. The van der Waals surface area contributed by atoms with E-state index < -0.39 is 0 Å². The lowest BCUT2D eigenvalue weighted by molar-refractivity contribution is 0.146. The molecule has 0 spiro atoms. The average Bonchev–Trinajstić information content (AvgIpc) is 3.26. The van der Waals surface area contributed by atoms with Crippen molar-refractivity contribution in [2.24, 2.45) is 4.99 Å². The molecule has 6 heteroatoms. The second-order valence-corrected chi connectivity index (χ2v) is 7.19. The minimum Gasteiger partial charge on any atom is -0.469 e. The van der Waals surface area contributed by atoms with E-state index in [9.17, 15) is 0 Å². The van der Waals surface area contributed by atoms with Crippen molar-refractivity contribution in [3.8, 4) is 0 Å². The third-order valence-corrected chi connectivity index (χ3v) is 5.32. The number of rotatable bonds is 10. The maximum atomic E-state index is 5.38. The van der Waals surface area contributed by atoms with Crippen LogP contribution in [0.15, 0.2) is 27.8 Å². The number of furan rings is 1. The van der Waals surface area contributed by atoms with Crippen molar-refractivity contribution in [2.75, 3.05) is 32.6 Å². The predicted octanol–water partition coefficient (Wildman–Crippen LogP) is 3.07. The summed E-state index contributed by atoms with van der Waals surface area (Å²) in [5.74, 6) is 1.92. The number of ether oxygens (including phenoxy) is 1. The summed E-state index contributed by atoms with van der Waals surface area (Å²) in [5, 5.41) is 7.83. The van der Waals surface area contributed by atoms with E-state index >= 15 is 0 Å². The van der Waals surface area contributed by atoms with Crippen molar-refractivity contribution in [3.05, 3.63) is 24.2 Å². The van der Waals surface area contributed by atoms with Crippen molar-refractivity contribution >= 4 is 17.7 Å². The van der Waals surface area contributed by atoms with Crippen LogP contribution in [0.3, 0.4) is 0 Å². The first-order chi connectivity index (χ1) is 11.8. The number of hydrogen-bond donors (Lipinski definition) is 2. The molecule has 5 nitrogen and oxygen atoms in total. The minimum atomic E-state index is 0.532. The molecule has 1 aliphatic carbocycles. The highest BCUT2D eigenvalue weighted by Crippen LogP contribution is 2.27. The molecule has 136 valence electrons. The van der Waals surface area contributed by atoms with Crippen LogP contribution in [0.5, 0.6) is 0 Å². The number of hydrogen-bond acceptors (Lipinski definition) is 4. The Hall–Kier alpha value is -1.14. The zero-order valence-electron chi connectivity index (χ0n) is 14.9. The quantitative estimate of drug-likeness (QED) is 0.385. The molecule has 1 aromatic heterocycles. The Morgan fingerprint density at radius 2 is 2.38 bits per heavy atom. The van der Waals surface area contributed by atoms with Crippen LogP contribution in [-0.4, -0.2) is 49.8 Å². The Kier molecular flexibility index (Phi) is 9.13. The highest BCUT2D eigenvalue weighted by atomic mass is 32.2. The zero-order valence-corrected chi connectivity index (χ0v) is 15.7. The second kappa shape index (κ2) is 11.4. The number of guanidine groups is 1. The molecule has 0 aromatic carbocycles. The van der Waals surface area contributed by atoms with Gasteiger partial charge in [0.1, 0.15) is 5.76 Å². The lowest BCUT2D eigenvalue weighted by atomic mass is 10.2. The fourth-order valence-electron chi connectivity index (χ4n) is 2.89. The molecule has 1 aromatic rings. The van der Waals surface area contributed by atoms with Crippen LogP contribution in [0, 0.1) is 0 Å². The molecule has 0 amide bonds. The topological polar surface area (TPSA) is 58.8 Å². The van der Waals surface area contributed by atoms with Gasteiger partial charge in [-0.25, -0.2) is 0 Å². The highest BCUT2D eigenvalue weighted by Gasteiger charge is 2.24. The second-order valence-electron chi connectivity index (χ2n) is 6.05. The minimum absolute atomic E-state index is 0.532. The molecule has 2 unspecified atom stereocenters. The van der Waals surface area contributed by atoms with Crippen LogP contribution in [0.4, 0.5) is 0 Å². The predicted molar refractivity (Wildman–Crippen MR) is 102 cm³/mol. The smallest absolute Gasteiger partial charge is 0.191 e. The molecule has 1 heterocycles. The third-order valence-electron chi connectivity index (χ3n) is 4.22. The molecule has 0 bridgehead atoms. The van der Waals surface area contributed by atoms with Gasteiger partial charge in [-0.05, 0) is 51.0 Å². The van der Waals surface area contributed by atoms with E-state index in [1.807, 2.05) is 30.8 Å². The Morgan fingerprint density at radius 3 is 3.08 bits per heavy atom. The lowest BCUT2D eigenvalue weighted by Gasteiger charge is -2.17. The monoisotopic (exact) mass is 353 g/mol. The lowest BCUT2D eigenvalue weighted by Crippen LogP contribution is -2.43. The van der Waals surface area contributed by atoms with Gasteiger partial charge in [-0.3, -0.25) is 4.99 Å². The van der Waals surface area contributed by atoms with Gasteiger partial charge in [0.15, 0.2) is 5.96 Å². The van der Waals surface area contributed by atoms with E-state index in [0.29, 0.717) is 6.04 Å². The van der Waals surface area contributed by atoms with Crippen LogP contribution < -0.4 is 10.6 Å². The van der Waals surface area contributed by atoms with Crippen molar-refractivity contribution in [1.29, 1.82) is 0 Å². The molecule has 0 radical (unpaired) electrons. The van der Waals surface area contributed by atoms with Gasteiger partial charge >= 0.3 is 0 Å². The molecule has 1 fully saturated rings. The molecular formula is C18H31N3O2S. The molecule has 2 atom stereocenters. The van der Waals surface area contributed by atoms with E-state index in [4.69, 9.17) is 14.1 Å². The number of aliphatic imine (C=N–C) groups is 1. The largest absolute Gasteiger partial charge is 0.469 e. The third kappa shape index (κ3) is 7.18. The first-order valence-electron chi connectivity index (χ1n) is 8.99. The van der Waals surface area contributed by atoms with E-state index in [0.717, 1.165) is 56.1 Å². The Balaban J connectivity index is 1.77. The van der Waals surface area contributed by atoms with Gasteiger partial charge in [0.25, 0.3) is 0 Å². The maximum Gasteiger partial charge on any atom is 0.191 e. The highest BCUT2D eigenvalue weighted by molar-refractivity contribution is 7.99. The van der Waals surface area contributed by atoms with Gasteiger partial charge in [-0.15, -0.1) is 0 Å². The summed E-state index contributed by atoms with van der Waals surface area (Å²) in [5.41, 5.74) is 0. The molecule has 2 rings (SSSR count). The SMILES string of the molecule is CCOCCCN=C(NCCc1ccco1)NC1CCC(SC)C1. The van der Waals surface area contributed by atoms with Gasteiger partial charge < -0.3 is 19.8 Å². The zero-order chi connectivity index (χ0) is 17.0. The number of thioether (sulfide) groups is 1. The molecule has 0 aliphatic heterocycles. The summed E-state index contributed by atoms with van der Waals surface area (Å²) in [6.07, 6.45) is 9.49. The van der Waals surface area contributed by atoms with Gasteiger partial charge in [0.05, 0.1) is 6.26 Å². The van der Waals surface area contributed by atoms with E-state index in [1.165, 1.54) is 19.3 Å². The maximum absolute atomic E-state index is 5.38. The van der Waals surface area contributed by atoms with E-state index in [2.05, 4.69) is 16.9 Å². The summed E-state index contributed by atoms with van der Waals surface area (Å²) in [6, 6.07) is 4.47. The number of nitrogens with one attached hydrogen (secondary N) is 2. The first kappa shape index (κ1) is 19.2.